The van der Waals surface area contributed by atoms with Gasteiger partial charge in [-0.15, -0.1) is 0 Å². The number of ether oxygens (including phenoxy) is 1. The Kier molecular flexibility index (Phi) is 3.79. The number of anilines is 1. The van der Waals surface area contributed by atoms with Gasteiger partial charge in [0.1, 0.15) is 17.4 Å². The van der Waals surface area contributed by atoms with Crippen molar-refractivity contribution in [1.82, 2.24) is 19.5 Å². The summed E-state index contributed by atoms with van der Waals surface area (Å²) in [6.45, 7) is 0. The molecule has 4 N–H and O–H groups in total. The number of aromatic nitrogens is 4. The molecule has 0 spiro atoms. The second-order valence-electron chi connectivity index (χ2n) is 8.04. The Bertz CT molecular complexity index is 1280. The average molecular weight is 398 g/mol. The molecule has 1 atom stereocenters. The number of aryl methyl sites for hydroxylation is 1. The fourth-order valence-electron chi connectivity index (χ4n) is 4.17. The predicted molar refractivity (Wildman–Crippen MR) is 115 cm³/mol. The minimum Gasteiger partial charge on any atom is -0.474 e. The molecule has 7 heteroatoms. The van der Waals surface area contributed by atoms with Crippen molar-refractivity contribution in [2.75, 3.05) is 5.73 Å². The Morgan fingerprint density at radius 2 is 1.93 bits per heavy atom. The van der Waals surface area contributed by atoms with E-state index in [0.29, 0.717) is 17.5 Å². The van der Waals surface area contributed by atoms with Gasteiger partial charge in [-0.3, -0.25) is 4.57 Å². The molecule has 0 amide bonds. The second-order valence-corrected chi connectivity index (χ2v) is 8.04. The summed E-state index contributed by atoms with van der Waals surface area (Å²) in [6.07, 6.45) is 6.08. The molecule has 1 fully saturated rings. The molecule has 0 aliphatic heterocycles. The second kappa shape index (κ2) is 6.53. The van der Waals surface area contributed by atoms with Crippen LogP contribution in [0, 0.1) is 0 Å². The van der Waals surface area contributed by atoms with Crippen LogP contribution in [-0.2, 0) is 6.42 Å². The minimum absolute atomic E-state index is 0.110. The zero-order valence-corrected chi connectivity index (χ0v) is 16.5. The minimum atomic E-state index is 0.110. The summed E-state index contributed by atoms with van der Waals surface area (Å²) < 4.78 is 7.99. The van der Waals surface area contributed by atoms with Crippen molar-refractivity contribution in [3.05, 3.63) is 59.8 Å². The highest BCUT2D eigenvalue weighted by Gasteiger charge is 2.26. The molecule has 3 heterocycles. The van der Waals surface area contributed by atoms with E-state index in [4.69, 9.17) is 26.2 Å². The molecule has 6 rings (SSSR count). The zero-order chi connectivity index (χ0) is 20.2. The molecular weight excluding hydrogens is 376 g/mol. The third kappa shape index (κ3) is 2.81. The maximum absolute atomic E-state index is 6.25. The lowest BCUT2D eigenvalue weighted by Crippen LogP contribution is -2.06. The van der Waals surface area contributed by atoms with Gasteiger partial charge >= 0.3 is 0 Å². The van der Waals surface area contributed by atoms with Gasteiger partial charge in [0.2, 0.25) is 5.88 Å². The van der Waals surface area contributed by atoms with Crippen LogP contribution in [0.3, 0.4) is 0 Å². The van der Waals surface area contributed by atoms with Crippen molar-refractivity contribution in [2.45, 2.75) is 37.8 Å². The largest absolute Gasteiger partial charge is 0.474 e. The topological polar surface area (TPSA) is 105 Å². The van der Waals surface area contributed by atoms with Crippen LogP contribution in [0.1, 0.15) is 36.4 Å². The van der Waals surface area contributed by atoms with E-state index in [2.05, 4.69) is 23.2 Å². The van der Waals surface area contributed by atoms with Gasteiger partial charge in [0, 0.05) is 24.0 Å². The van der Waals surface area contributed by atoms with Crippen LogP contribution in [0.4, 0.5) is 5.82 Å². The molecule has 150 valence electrons. The fourth-order valence-corrected chi connectivity index (χ4v) is 4.17. The van der Waals surface area contributed by atoms with E-state index in [1.54, 1.807) is 6.20 Å². The number of fused-ring (bicyclic) bond motifs is 2. The van der Waals surface area contributed by atoms with Gasteiger partial charge in [0.25, 0.3) is 0 Å². The van der Waals surface area contributed by atoms with Crippen molar-refractivity contribution >= 4 is 17.0 Å². The van der Waals surface area contributed by atoms with E-state index >= 15 is 0 Å². The maximum atomic E-state index is 6.25. The smallest absolute Gasteiger partial charge is 0.215 e. The molecule has 4 aromatic rings. The Balaban J connectivity index is 1.59. The Labute approximate surface area is 173 Å². The van der Waals surface area contributed by atoms with E-state index in [1.807, 2.05) is 28.8 Å². The highest BCUT2D eigenvalue weighted by molar-refractivity contribution is 5.83. The maximum Gasteiger partial charge on any atom is 0.215 e. The van der Waals surface area contributed by atoms with E-state index < -0.39 is 0 Å². The van der Waals surface area contributed by atoms with Gasteiger partial charge in [-0.2, -0.15) is 4.98 Å². The number of pyridine rings is 2. The lowest BCUT2D eigenvalue weighted by atomic mass is 10.1. The van der Waals surface area contributed by atoms with Crippen LogP contribution in [0.15, 0.2) is 48.7 Å². The van der Waals surface area contributed by atoms with Gasteiger partial charge in [-0.1, -0.05) is 6.07 Å². The molecule has 0 saturated heterocycles. The molecular formula is C23H22N6O. The first kappa shape index (κ1) is 17.4. The standard InChI is InChI=1S/C23H22N6O/c24-18-8-3-13-12-14(4-7-16(13)18)29-22(17-2-1-11-26-21(17)25)27-19-9-10-20(28-23(19)29)30-15-5-6-15/h1-2,4,7,9-12,15,18H,3,5-6,8,24H2,(H2,25,26)/t18-/m0/s1. The fraction of sp³-hybridized carbons (Fsp3) is 0.261. The van der Waals surface area contributed by atoms with Crippen LogP contribution in [-0.4, -0.2) is 25.6 Å². The quantitative estimate of drug-likeness (QED) is 0.545. The van der Waals surface area contributed by atoms with Crippen molar-refractivity contribution in [2.24, 2.45) is 5.73 Å². The lowest BCUT2D eigenvalue weighted by Gasteiger charge is -2.13. The first-order chi connectivity index (χ1) is 14.7. The SMILES string of the molecule is Nc1ncccc1-c1nc2ccc(OC3CC3)nc2n1-c1ccc2c(c1)CC[C@@H]2N. The van der Waals surface area contributed by atoms with Crippen molar-refractivity contribution in [3.8, 4) is 23.0 Å². The van der Waals surface area contributed by atoms with Gasteiger partial charge < -0.3 is 16.2 Å². The summed E-state index contributed by atoms with van der Waals surface area (Å²) in [6, 6.07) is 14.1. The lowest BCUT2D eigenvalue weighted by molar-refractivity contribution is 0.292. The van der Waals surface area contributed by atoms with Gasteiger partial charge in [0.15, 0.2) is 11.5 Å². The first-order valence-corrected chi connectivity index (χ1v) is 10.3. The summed E-state index contributed by atoms with van der Waals surface area (Å²) >= 11 is 0. The van der Waals surface area contributed by atoms with Crippen molar-refractivity contribution in [1.29, 1.82) is 0 Å². The summed E-state index contributed by atoms with van der Waals surface area (Å²) in [5.41, 5.74) is 18.2. The third-order valence-electron chi connectivity index (χ3n) is 5.88. The van der Waals surface area contributed by atoms with E-state index in [-0.39, 0.29) is 12.1 Å². The predicted octanol–water partition coefficient (Wildman–Crippen LogP) is 3.55. The van der Waals surface area contributed by atoms with Gasteiger partial charge in [-0.05, 0) is 67.1 Å². The number of nitrogen functional groups attached to an aromatic ring is 1. The van der Waals surface area contributed by atoms with Gasteiger partial charge in [-0.25, -0.2) is 9.97 Å². The molecule has 30 heavy (non-hydrogen) atoms. The summed E-state index contributed by atoms with van der Waals surface area (Å²) in [7, 11) is 0. The van der Waals surface area contributed by atoms with Crippen molar-refractivity contribution in [3.63, 3.8) is 0 Å². The number of rotatable bonds is 4. The summed E-state index contributed by atoms with van der Waals surface area (Å²) in [4.78, 5) is 13.9. The molecule has 0 unspecified atom stereocenters. The summed E-state index contributed by atoms with van der Waals surface area (Å²) in [5.74, 6) is 1.78. The average Bonchev–Trinajstić information content (AvgIpc) is 3.38. The molecule has 1 aromatic carbocycles. The number of nitrogens with two attached hydrogens (primary N) is 2. The Morgan fingerprint density at radius 1 is 1.03 bits per heavy atom. The summed E-state index contributed by atoms with van der Waals surface area (Å²) in [5, 5.41) is 0. The Morgan fingerprint density at radius 3 is 2.77 bits per heavy atom. The number of imidazole rings is 1. The van der Waals surface area contributed by atoms with Crippen LogP contribution < -0.4 is 16.2 Å². The van der Waals surface area contributed by atoms with Crippen LogP contribution in [0.5, 0.6) is 5.88 Å². The van der Waals surface area contributed by atoms with Crippen LogP contribution >= 0.6 is 0 Å². The molecule has 2 aliphatic carbocycles. The number of hydrogen-bond acceptors (Lipinski definition) is 6. The normalized spacial score (nSPS) is 18.0. The number of benzene rings is 1. The van der Waals surface area contributed by atoms with Crippen molar-refractivity contribution < 1.29 is 4.74 Å². The van der Waals surface area contributed by atoms with Crippen LogP contribution in [0.25, 0.3) is 28.2 Å². The highest BCUT2D eigenvalue weighted by Crippen LogP contribution is 2.35. The van der Waals surface area contributed by atoms with E-state index in [9.17, 15) is 0 Å². The molecule has 3 aromatic heterocycles. The molecule has 0 radical (unpaired) electrons. The monoisotopic (exact) mass is 398 g/mol. The number of nitrogens with zero attached hydrogens (tertiary/aromatic N) is 4. The Hall–Kier alpha value is -3.45. The van der Waals surface area contributed by atoms with Crippen LogP contribution in [0.2, 0.25) is 0 Å². The number of hydrogen-bond donors (Lipinski definition) is 2. The molecule has 7 nitrogen and oxygen atoms in total. The zero-order valence-electron chi connectivity index (χ0n) is 16.5. The highest BCUT2D eigenvalue weighted by atomic mass is 16.5. The van der Waals surface area contributed by atoms with Gasteiger partial charge in [0.05, 0.1) is 5.56 Å². The van der Waals surface area contributed by atoms with E-state index in [0.717, 1.165) is 48.1 Å². The first-order valence-electron chi connectivity index (χ1n) is 10.3. The van der Waals surface area contributed by atoms with E-state index in [1.165, 1.54) is 11.1 Å². The molecule has 0 bridgehead atoms. The third-order valence-corrected chi connectivity index (χ3v) is 5.88. The molecule has 2 aliphatic rings. The molecule has 1 saturated carbocycles.